The molecular formula is C15H28N2OS. The summed E-state index contributed by atoms with van der Waals surface area (Å²) in [5, 5.41) is 3.83. The van der Waals surface area contributed by atoms with Crippen molar-refractivity contribution in [1.82, 2.24) is 10.2 Å². The van der Waals surface area contributed by atoms with Gasteiger partial charge in [0.15, 0.2) is 0 Å². The highest BCUT2D eigenvalue weighted by molar-refractivity contribution is 7.85. The van der Waals surface area contributed by atoms with Gasteiger partial charge in [0.1, 0.15) is 0 Å². The average Bonchev–Trinajstić information content (AvgIpc) is 3.24. The van der Waals surface area contributed by atoms with E-state index < -0.39 is 10.8 Å². The second-order valence-electron chi connectivity index (χ2n) is 6.89. The molecule has 0 spiro atoms. The number of hydrogen-bond acceptors (Lipinski definition) is 3. The van der Waals surface area contributed by atoms with Crippen LogP contribution in [0.4, 0.5) is 0 Å². The van der Waals surface area contributed by atoms with E-state index in [-0.39, 0.29) is 0 Å². The fourth-order valence-corrected chi connectivity index (χ4v) is 5.22. The fraction of sp³-hybridized carbons (Fsp3) is 1.00. The topological polar surface area (TPSA) is 32.3 Å². The molecule has 19 heavy (non-hydrogen) atoms. The molecule has 0 aromatic carbocycles. The highest BCUT2D eigenvalue weighted by Crippen LogP contribution is 2.42. The highest BCUT2D eigenvalue weighted by atomic mass is 32.2. The van der Waals surface area contributed by atoms with Crippen LogP contribution in [0.15, 0.2) is 0 Å². The maximum absolute atomic E-state index is 11.6. The first kappa shape index (κ1) is 14.0. The minimum absolute atomic E-state index is 0.336. The van der Waals surface area contributed by atoms with Gasteiger partial charge in [-0.25, -0.2) is 0 Å². The molecule has 110 valence electrons. The third kappa shape index (κ3) is 2.91. The van der Waals surface area contributed by atoms with Crippen molar-refractivity contribution in [1.29, 1.82) is 0 Å². The standard InChI is InChI=1S/C15H28N2OS/c1-3-13-10-16-15(2,12-4-5-12)11-17(13)14-6-8-19(18)9-7-14/h12-14,16H,3-11H2,1-2H3. The van der Waals surface area contributed by atoms with E-state index in [1.54, 1.807) is 0 Å². The fourth-order valence-electron chi connectivity index (χ4n) is 3.95. The van der Waals surface area contributed by atoms with Crippen molar-refractivity contribution >= 4 is 10.8 Å². The van der Waals surface area contributed by atoms with Crippen LogP contribution >= 0.6 is 0 Å². The predicted molar refractivity (Wildman–Crippen MR) is 80.8 cm³/mol. The summed E-state index contributed by atoms with van der Waals surface area (Å²) in [5.41, 5.74) is 0.336. The molecule has 3 nitrogen and oxygen atoms in total. The van der Waals surface area contributed by atoms with E-state index in [4.69, 9.17) is 0 Å². The summed E-state index contributed by atoms with van der Waals surface area (Å²) >= 11 is 0. The van der Waals surface area contributed by atoms with E-state index in [1.807, 2.05) is 0 Å². The molecule has 2 saturated heterocycles. The van der Waals surface area contributed by atoms with E-state index in [0.29, 0.717) is 17.6 Å². The first-order valence-corrected chi connectivity index (χ1v) is 9.47. The van der Waals surface area contributed by atoms with Crippen LogP contribution in [-0.4, -0.2) is 51.3 Å². The highest BCUT2D eigenvalue weighted by Gasteiger charge is 2.47. The number of nitrogens with one attached hydrogen (secondary N) is 1. The van der Waals surface area contributed by atoms with Crippen LogP contribution in [0, 0.1) is 5.92 Å². The van der Waals surface area contributed by atoms with E-state index in [0.717, 1.165) is 36.8 Å². The molecule has 1 aliphatic carbocycles. The molecule has 2 aliphatic heterocycles. The molecule has 0 radical (unpaired) electrons. The van der Waals surface area contributed by atoms with Crippen LogP contribution in [-0.2, 0) is 10.8 Å². The number of piperazine rings is 1. The molecule has 0 aromatic rings. The Labute approximate surface area is 120 Å². The molecule has 3 aliphatic rings. The summed E-state index contributed by atoms with van der Waals surface area (Å²) in [6, 6.07) is 1.37. The van der Waals surface area contributed by atoms with Crippen LogP contribution < -0.4 is 5.32 Å². The van der Waals surface area contributed by atoms with Crippen molar-refractivity contribution in [3.05, 3.63) is 0 Å². The third-order valence-electron chi connectivity index (χ3n) is 5.50. The number of nitrogens with zero attached hydrogens (tertiary/aromatic N) is 1. The van der Waals surface area contributed by atoms with Gasteiger partial charge in [0.05, 0.1) is 0 Å². The van der Waals surface area contributed by atoms with Crippen molar-refractivity contribution in [2.24, 2.45) is 5.92 Å². The van der Waals surface area contributed by atoms with Gasteiger partial charge in [-0.05, 0) is 44.9 Å². The van der Waals surface area contributed by atoms with Crippen molar-refractivity contribution < 1.29 is 4.21 Å². The molecule has 1 saturated carbocycles. The molecule has 0 amide bonds. The van der Waals surface area contributed by atoms with Crippen molar-refractivity contribution in [3.63, 3.8) is 0 Å². The van der Waals surface area contributed by atoms with Crippen molar-refractivity contribution in [3.8, 4) is 0 Å². The summed E-state index contributed by atoms with van der Waals surface area (Å²) in [4.78, 5) is 2.77. The smallest absolute Gasteiger partial charge is 0.0309 e. The molecule has 0 aromatic heterocycles. The number of hydrogen-bond donors (Lipinski definition) is 1. The van der Waals surface area contributed by atoms with Gasteiger partial charge in [-0.2, -0.15) is 0 Å². The van der Waals surface area contributed by atoms with E-state index in [9.17, 15) is 4.21 Å². The Balaban J connectivity index is 1.69. The molecule has 1 N–H and O–H groups in total. The van der Waals surface area contributed by atoms with Crippen molar-refractivity contribution in [2.45, 2.75) is 63.6 Å². The zero-order valence-electron chi connectivity index (χ0n) is 12.4. The van der Waals surface area contributed by atoms with Gasteiger partial charge in [-0.15, -0.1) is 0 Å². The van der Waals surface area contributed by atoms with E-state index >= 15 is 0 Å². The summed E-state index contributed by atoms with van der Waals surface area (Å²) in [5.74, 6) is 2.74. The molecule has 3 rings (SSSR count). The minimum atomic E-state index is -0.536. The van der Waals surface area contributed by atoms with E-state index in [2.05, 4.69) is 24.1 Å². The Morgan fingerprint density at radius 3 is 2.53 bits per heavy atom. The minimum Gasteiger partial charge on any atom is -0.308 e. The van der Waals surface area contributed by atoms with Gasteiger partial charge >= 0.3 is 0 Å². The quantitative estimate of drug-likeness (QED) is 0.857. The lowest BCUT2D eigenvalue weighted by molar-refractivity contribution is 0.0331. The lowest BCUT2D eigenvalue weighted by atomic mass is 9.88. The van der Waals surface area contributed by atoms with Crippen LogP contribution in [0.2, 0.25) is 0 Å². The molecule has 4 heteroatoms. The molecule has 3 fully saturated rings. The maximum Gasteiger partial charge on any atom is 0.0309 e. The number of rotatable bonds is 3. The zero-order chi connectivity index (χ0) is 13.5. The van der Waals surface area contributed by atoms with Gasteiger partial charge < -0.3 is 5.32 Å². The van der Waals surface area contributed by atoms with Crippen LogP contribution in [0.5, 0.6) is 0 Å². The molecule has 2 heterocycles. The molecule has 2 atom stereocenters. The Hall–Kier alpha value is 0.0700. The lowest BCUT2D eigenvalue weighted by Crippen LogP contribution is -2.66. The van der Waals surface area contributed by atoms with Gasteiger partial charge in [0.2, 0.25) is 0 Å². The Morgan fingerprint density at radius 2 is 1.95 bits per heavy atom. The second-order valence-corrected chi connectivity index (χ2v) is 8.58. The SMILES string of the molecule is CCC1CNC(C)(C2CC2)CN1C1CCS(=O)CC1. The monoisotopic (exact) mass is 284 g/mol. The van der Waals surface area contributed by atoms with Crippen LogP contribution in [0.1, 0.15) is 46.0 Å². The summed E-state index contributed by atoms with van der Waals surface area (Å²) in [6.07, 6.45) is 6.33. The first-order chi connectivity index (χ1) is 9.12. The Bertz CT molecular complexity index is 348. The third-order valence-corrected chi connectivity index (χ3v) is 6.88. The van der Waals surface area contributed by atoms with Gasteiger partial charge in [-0.3, -0.25) is 9.11 Å². The van der Waals surface area contributed by atoms with Gasteiger partial charge in [0, 0.05) is 53.0 Å². The van der Waals surface area contributed by atoms with E-state index in [1.165, 1.54) is 25.8 Å². The normalized spacial score (nSPS) is 45.3. The Morgan fingerprint density at radius 1 is 1.26 bits per heavy atom. The predicted octanol–water partition coefficient (Wildman–Crippen LogP) is 1.75. The zero-order valence-corrected chi connectivity index (χ0v) is 13.2. The summed E-state index contributed by atoms with van der Waals surface area (Å²) < 4.78 is 11.6. The molecule has 2 unspecified atom stereocenters. The van der Waals surface area contributed by atoms with Crippen molar-refractivity contribution in [2.75, 3.05) is 24.6 Å². The van der Waals surface area contributed by atoms with Crippen LogP contribution in [0.25, 0.3) is 0 Å². The first-order valence-electron chi connectivity index (χ1n) is 7.98. The molecule has 0 bridgehead atoms. The van der Waals surface area contributed by atoms with Crippen LogP contribution in [0.3, 0.4) is 0 Å². The summed E-state index contributed by atoms with van der Waals surface area (Å²) in [6.45, 7) is 7.07. The lowest BCUT2D eigenvalue weighted by Gasteiger charge is -2.50. The average molecular weight is 284 g/mol. The largest absolute Gasteiger partial charge is 0.308 e. The summed E-state index contributed by atoms with van der Waals surface area (Å²) in [7, 11) is -0.536. The van der Waals surface area contributed by atoms with Gasteiger partial charge in [-0.1, -0.05) is 6.92 Å². The molecular weight excluding hydrogens is 256 g/mol. The Kier molecular flexibility index (Phi) is 4.03. The second kappa shape index (κ2) is 5.45. The maximum atomic E-state index is 11.6. The van der Waals surface area contributed by atoms with Gasteiger partial charge in [0.25, 0.3) is 0 Å².